The van der Waals surface area contributed by atoms with Crippen molar-refractivity contribution in [3.63, 3.8) is 0 Å². The summed E-state index contributed by atoms with van der Waals surface area (Å²) in [6.07, 6.45) is 2.54. The summed E-state index contributed by atoms with van der Waals surface area (Å²) < 4.78 is 0. The van der Waals surface area contributed by atoms with Crippen LogP contribution < -0.4 is 0 Å². The molecule has 0 aliphatic carbocycles. The van der Waals surface area contributed by atoms with Crippen LogP contribution in [0.1, 0.15) is 27.2 Å². The zero-order valence-corrected chi connectivity index (χ0v) is 9.08. The molecule has 0 radical (unpaired) electrons. The molecule has 0 aliphatic heterocycles. The van der Waals surface area contributed by atoms with Gasteiger partial charge >= 0.3 is 0 Å². The first-order valence-corrected chi connectivity index (χ1v) is 4.82. The molecule has 0 N–H and O–H groups in total. The molecule has 3 nitrogen and oxygen atoms in total. The first kappa shape index (κ1) is 12.3. The first-order valence-electron chi connectivity index (χ1n) is 4.82. The molecule has 0 aromatic carbocycles. The van der Waals surface area contributed by atoms with E-state index >= 15 is 0 Å². The number of likely N-dealkylation sites (N-methyl/N-ethyl adjacent to an activating group) is 1. The third kappa shape index (κ3) is 4.18. The smallest absolute Gasteiger partial charge is 0.147 e. The van der Waals surface area contributed by atoms with Crippen LogP contribution in [0.4, 0.5) is 0 Å². The molecule has 1 unspecified atom stereocenters. The molecule has 0 aromatic rings. The van der Waals surface area contributed by atoms with Gasteiger partial charge in [0.2, 0.25) is 0 Å². The van der Waals surface area contributed by atoms with Crippen LogP contribution in [-0.4, -0.2) is 43.1 Å². The number of carbonyl (C=O) groups excluding carboxylic acids is 1. The minimum absolute atomic E-state index is 0.0127. The van der Waals surface area contributed by atoms with Crippen molar-refractivity contribution in [2.75, 3.05) is 20.1 Å². The summed E-state index contributed by atoms with van der Waals surface area (Å²) in [6, 6.07) is 0.0127. The molecule has 0 aliphatic rings. The highest BCUT2D eigenvalue weighted by atomic mass is 16.1. The Bertz CT molecular complexity index is 174. The highest BCUT2D eigenvalue weighted by Crippen LogP contribution is 2.03. The minimum atomic E-state index is 0.0127. The number of Topliss-reactive ketones (excluding diaryl/α,β-unsaturated/α-hetero) is 1. The quantitative estimate of drug-likeness (QED) is 0.584. The molecule has 0 rings (SSSR count). The van der Waals surface area contributed by atoms with Crippen molar-refractivity contribution in [1.29, 1.82) is 0 Å². The number of rotatable bonds is 6. The topological polar surface area (TPSA) is 32.7 Å². The van der Waals surface area contributed by atoms with Crippen LogP contribution in [0.25, 0.3) is 0 Å². The van der Waals surface area contributed by atoms with Gasteiger partial charge in [0.25, 0.3) is 0 Å². The maximum atomic E-state index is 11.3. The Morgan fingerprint density at radius 3 is 2.31 bits per heavy atom. The second-order valence-corrected chi connectivity index (χ2v) is 3.02. The van der Waals surface area contributed by atoms with Crippen LogP contribution in [-0.2, 0) is 4.79 Å². The van der Waals surface area contributed by atoms with Crippen LogP contribution in [0.15, 0.2) is 4.99 Å². The maximum absolute atomic E-state index is 11.3. The lowest BCUT2D eigenvalue weighted by Crippen LogP contribution is -2.40. The molecular formula is C10H20N2O. The fraction of sp³-hybridized carbons (Fsp3) is 0.800. The predicted molar refractivity (Wildman–Crippen MR) is 56.4 cm³/mol. The van der Waals surface area contributed by atoms with Gasteiger partial charge in [0, 0.05) is 19.7 Å². The zero-order chi connectivity index (χ0) is 10.3. The summed E-state index contributed by atoms with van der Waals surface area (Å²) >= 11 is 0. The Morgan fingerprint density at radius 1 is 1.46 bits per heavy atom. The van der Waals surface area contributed by atoms with E-state index in [1.807, 2.05) is 6.21 Å². The van der Waals surface area contributed by atoms with Gasteiger partial charge in [-0.25, -0.2) is 0 Å². The van der Waals surface area contributed by atoms with Crippen molar-refractivity contribution < 1.29 is 4.79 Å². The zero-order valence-electron chi connectivity index (χ0n) is 9.08. The number of hydrogen-bond donors (Lipinski definition) is 0. The summed E-state index contributed by atoms with van der Waals surface area (Å²) in [5.41, 5.74) is 0. The van der Waals surface area contributed by atoms with Crippen LogP contribution in [0, 0.1) is 0 Å². The molecular weight excluding hydrogens is 164 g/mol. The largest absolute Gasteiger partial charge is 0.301 e. The van der Waals surface area contributed by atoms with Crippen molar-refractivity contribution in [2.45, 2.75) is 33.2 Å². The molecule has 13 heavy (non-hydrogen) atoms. The highest BCUT2D eigenvalue weighted by Gasteiger charge is 2.18. The molecule has 0 saturated heterocycles. The van der Waals surface area contributed by atoms with Crippen LogP contribution in [0.2, 0.25) is 0 Å². The van der Waals surface area contributed by atoms with E-state index < -0.39 is 0 Å². The average Bonchev–Trinajstić information content (AvgIpc) is 2.11. The van der Waals surface area contributed by atoms with E-state index in [9.17, 15) is 4.79 Å². The van der Waals surface area contributed by atoms with E-state index in [-0.39, 0.29) is 11.8 Å². The molecule has 0 fully saturated rings. The lowest BCUT2D eigenvalue weighted by Gasteiger charge is -2.26. The Balaban J connectivity index is 4.29. The lowest BCUT2D eigenvalue weighted by atomic mass is 10.1. The van der Waals surface area contributed by atoms with Gasteiger partial charge in [0.15, 0.2) is 0 Å². The monoisotopic (exact) mass is 184 g/mol. The van der Waals surface area contributed by atoms with Crippen molar-refractivity contribution in [2.24, 2.45) is 4.99 Å². The van der Waals surface area contributed by atoms with Gasteiger partial charge in [0.05, 0.1) is 6.04 Å². The minimum Gasteiger partial charge on any atom is -0.301 e. The van der Waals surface area contributed by atoms with Crippen molar-refractivity contribution in [1.82, 2.24) is 4.90 Å². The summed E-state index contributed by atoms with van der Waals surface area (Å²) in [5, 5.41) is 0. The van der Waals surface area contributed by atoms with Gasteiger partial charge in [-0.05, 0) is 20.0 Å². The van der Waals surface area contributed by atoms with Crippen molar-refractivity contribution in [3.8, 4) is 0 Å². The number of nitrogens with zero attached hydrogens (tertiary/aromatic N) is 2. The van der Waals surface area contributed by atoms with Crippen molar-refractivity contribution >= 4 is 12.0 Å². The van der Waals surface area contributed by atoms with Gasteiger partial charge < -0.3 is 4.99 Å². The SMILES string of the molecule is CCN(CC)C(CC=NC)C(C)=O. The van der Waals surface area contributed by atoms with Crippen LogP contribution >= 0.6 is 0 Å². The molecule has 0 amide bonds. The van der Waals surface area contributed by atoms with Gasteiger partial charge in [-0.1, -0.05) is 13.8 Å². The number of ketones is 1. The first-order chi connectivity index (χ1) is 6.17. The molecule has 76 valence electrons. The normalized spacial score (nSPS) is 13.9. The molecule has 3 heteroatoms. The summed E-state index contributed by atoms with van der Waals surface area (Å²) in [6.45, 7) is 7.62. The Kier molecular flexibility index (Phi) is 6.41. The van der Waals surface area contributed by atoms with E-state index in [4.69, 9.17) is 0 Å². The second kappa shape index (κ2) is 6.78. The number of hydrogen-bond acceptors (Lipinski definition) is 3. The average molecular weight is 184 g/mol. The summed E-state index contributed by atoms with van der Waals surface area (Å²) in [7, 11) is 1.74. The number of carbonyl (C=O) groups is 1. The summed E-state index contributed by atoms with van der Waals surface area (Å²) in [5.74, 6) is 0.226. The van der Waals surface area contributed by atoms with Gasteiger partial charge in [-0.15, -0.1) is 0 Å². The molecule has 0 aromatic heterocycles. The second-order valence-electron chi connectivity index (χ2n) is 3.02. The Labute approximate surface area is 80.8 Å². The van der Waals surface area contributed by atoms with Crippen LogP contribution in [0.5, 0.6) is 0 Å². The van der Waals surface area contributed by atoms with Gasteiger partial charge in [0.1, 0.15) is 5.78 Å². The fourth-order valence-corrected chi connectivity index (χ4v) is 1.44. The van der Waals surface area contributed by atoms with E-state index in [0.29, 0.717) is 0 Å². The third-order valence-corrected chi connectivity index (χ3v) is 2.23. The van der Waals surface area contributed by atoms with E-state index in [1.54, 1.807) is 14.0 Å². The number of aliphatic imine (C=N–C) groups is 1. The molecule has 0 saturated carbocycles. The van der Waals surface area contributed by atoms with Crippen LogP contribution in [0.3, 0.4) is 0 Å². The predicted octanol–water partition coefficient (Wildman–Crippen LogP) is 1.38. The third-order valence-electron chi connectivity index (χ3n) is 2.23. The fourth-order valence-electron chi connectivity index (χ4n) is 1.44. The van der Waals surface area contributed by atoms with E-state index in [0.717, 1.165) is 19.5 Å². The molecule has 0 bridgehead atoms. The van der Waals surface area contributed by atoms with E-state index in [2.05, 4.69) is 23.7 Å². The molecule has 0 spiro atoms. The molecule has 1 atom stereocenters. The molecule has 0 heterocycles. The van der Waals surface area contributed by atoms with Gasteiger partial charge in [-0.2, -0.15) is 0 Å². The maximum Gasteiger partial charge on any atom is 0.147 e. The van der Waals surface area contributed by atoms with Crippen molar-refractivity contribution in [3.05, 3.63) is 0 Å². The Morgan fingerprint density at radius 2 is 2.00 bits per heavy atom. The van der Waals surface area contributed by atoms with E-state index in [1.165, 1.54) is 0 Å². The van der Waals surface area contributed by atoms with Gasteiger partial charge in [-0.3, -0.25) is 9.69 Å². The highest BCUT2D eigenvalue weighted by molar-refractivity contribution is 5.84. The lowest BCUT2D eigenvalue weighted by molar-refractivity contribution is -0.121. The summed E-state index contributed by atoms with van der Waals surface area (Å²) in [4.78, 5) is 17.4. The Hall–Kier alpha value is -0.700. The standard InChI is InChI=1S/C10H20N2O/c1-5-12(6-2)10(9(3)13)7-8-11-4/h8,10H,5-7H2,1-4H3.